The highest BCUT2D eigenvalue weighted by molar-refractivity contribution is 5.94. The van der Waals surface area contributed by atoms with E-state index < -0.39 is 66.0 Å². The highest BCUT2D eigenvalue weighted by Gasteiger charge is 2.34. The fraction of sp³-hybridized carbons (Fsp3) is 0.545. The first-order valence-electron chi connectivity index (χ1n) is 10.8. The van der Waals surface area contributed by atoms with Crippen LogP contribution < -0.4 is 21.7 Å². The number of carbonyl (C=O) groups is 4. The molecular formula is C22H34N4O8. The average molecular weight is 483 g/mol. The lowest BCUT2D eigenvalue weighted by atomic mass is 10.0. The number of carbonyl (C=O) groups excluding carboxylic acids is 3. The van der Waals surface area contributed by atoms with Gasteiger partial charge in [-0.3, -0.25) is 14.4 Å². The van der Waals surface area contributed by atoms with E-state index in [1.54, 1.807) is 26.0 Å². The van der Waals surface area contributed by atoms with Gasteiger partial charge in [-0.05, 0) is 43.9 Å². The van der Waals surface area contributed by atoms with E-state index in [2.05, 4.69) is 16.0 Å². The van der Waals surface area contributed by atoms with Crippen LogP contribution in [0.15, 0.2) is 24.3 Å². The number of nitrogens with two attached hydrogens (primary N) is 1. The summed E-state index contributed by atoms with van der Waals surface area (Å²) in [4.78, 5) is 49.2. The van der Waals surface area contributed by atoms with Gasteiger partial charge in [0.25, 0.3) is 0 Å². The van der Waals surface area contributed by atoms with Crippen LogP contribution >= 0.6 is 0 Å². The molecule has 0 saturated heterocycles. The molecule has 6 atom stereocenters. The summed E-state index contributed by atoms with van der Waals surface area (Å²) in [6.45, 7) is 5.68. The smallest absolute Gasteiger partial charge is 0.328 e. The normalized spacial score (nSPS) is 16.5. The number of phenolic OH excluding ortho intramolecular Hbond substituents is 1. The van der Waals surface area contributed by atoms with Gasteiger partial charge in [-0.2, -0.15) is 0 Å². The number of aliphatic carboxylic acids is 1. The van der Waals surface area contributed by atoms with E-state index in [0.717, 1.165) is 0 Å². The lowest BCUT2D eigenvalue weighted by Gasteiger charge is -2.28. The fourth-order valence-corrected chi connectivity index (χ4v) is 3.05. The molecule has 0 fully saturated rings. The number of rotatable bonds is 12. The molecule has 0 radical (unpaired) electrons. The molecule has 0 aliphatic rings. The Morgan fingerprint density at radius 2 is 1.24 bits per heavy atom. The van der Waals surface area contributed by atoms with Crippen molar-refractivity contribution in [1.82, 2.24) is 16.0 Å². The molecule has 0 aliphatic heterocycles. The zero-order valence-electron chi connectivity index (χ0n) is 19.6. The summed E-state index contributed by atoms with van der Waals surface area (Å²) in [5, 5.41) is 45.1. The van der Waals surface area contributed by atoms with Crippen molar-refractivity contribution in [1.29, 1.82) is 0 Å². The molecule has 190 valence electrons. The van der Waals surface area contributed by atoms with Crippen molar-refractivity contribution < 1.29 is 39.6 Å². The SMILES string of the molecule is CC(C)C(NC(=O)C(NC(=O)C(N)Cc1ccc(O)cc1)C(C)O)C(=O)NC(C(=O)O)C(C)O. The average Bonchev–Trinajstić information content (AvgIpc) is 2.74. The number of phenols is 1. The highest BCUT2D eigenvalue weighted by Crippen LogP contribution is 2.11. The monoisotopic (exact) mass is 482 g/mol. The van der Waals surface area contributed by atoms with Gasteiger partial charge in [0.05, 0.1) is 18.2 Å². The van der Waals surface area contributed by atoms with E-state index in [9.17, 15) is 34.5 Å². The molecule has 0 aromatic heterocycles. The van der Waals surface area contributed by atoms with Crippen molar-refractivity contribution >= 4 is 23.7 Å². The molecule has 0 heterocycles. The van der Waals surface area contributed by atoms with Crippen LogP contribution in [0, 0.1) is 5.92 Å². The van der Waals surface area contributed by atoms with E-state index in [4.69, 9.17) is 10.8 Å². The molecule has 12 nitrogen and oxygen atoms in total. The van der Waals surface area contributed by atoms with Crippen molar-refractivity contribution in [3.05, 3.63) is 29.8 Å². The Kier molecular flexibility index (Phi) is 10.9. The Bertz CT molecular complexity index is 857. The summed E-state index contributed by atoms with van der Waals surface area (Å²) in [6, 6.07) is 0.748. The molecule has 34 heavy (non-hydrogen) atoms. The summed E-state index contributed by atoms with van der Waals surface area (Å²) in [7, 11) is 0. The topological polar surface area (TPSA) is 211 Å². The number of hydrogen-bond donors (Lipinski definition) is 8. The quantitative estimate of drug-likeness (QED) is 0.169. The molecule has 12 heteroatoms. The van der Waals surface area contributed by atoms with Crippen LogP contribution in [0.3, 0.4) is 0 Å². The molecule has 9 N–H and O–H groups in total. The Morgan fingerprint density at radius 1 is 0.794 bits per heavy atom. The zero-order chi connectivity index (χ0) is 26.2. The summed E-state index contributed by atoms with van der Waals surface area (Å²) < 4.78 is 0. The summed E-state index contributed by atoms with van der Waals surface area (Å²) in [5.41, 5.74) is 6.58. The number of hydrogen-bond acceptors (Lipinski definition) is 8. The summed E-state index contributed by atoms with van der Waals surface area (Å²) >= 11 is 0. The fourth-order valence-electron chi connectivity index (χ4n) is 3.05. The van der Waals surface area contributed by atoms with Crippen molar-refractivity contribution in [3.8, 4) is 5.75 Å². The predicted octanol–water partition coefficient (Wildman–Crippen LogP) is -1.78. The van der Waals surface area contributed by atoms with Crippen LogP contribution in [0.4, 0.5) is 0 Å². The largest absolute Gasteiger partial charge is 0.508 e. The van der Waals surface area contributed by atoms with E-state index in [0.29, 0.717) is 5.56 Å². The lowest BCUT2D eigenvalue weighted by Crippen LogP contribution is -2.61. The lowest BCUT2D eigenvalue weighted by molar-refractivity contribution is -0.145. The second-order valence-electron chi connectivity index (χ2n) is 8.50. The van der Waals surface area contributed by atoms with Gasteiger partial charge in [-0.1, -0.05) is 26.0 Å². The maximum absolute atomic E-state index is 12.8. The van der Waals surface area contributed by atoms with Crippen molar-refractivity contribution in [2.24, 2.45) is 11.7 Å². The number of aliphatic hydroxyl groups excluding tert-OH is 2. The number of aromatic hydroxyl groups is 1. The molecule has 0 saturated carbocycles. The van der Waals surface area contributed by atoms with Crippen LogP contribution in [-0.2, 0) is 25.6 Å². The molecule has 1 aromatic carbocycles. The van der Waals surface area contributed by atoms with Gasteiger partial charge in [0, 0.05) is 0 Å². The van der Waals surface area contributed by atoms with E-state index in [1.165, 1.54) is 26.0 Å². The first-order chi connectivity index (χ1) is 15.7. The number of carboxylic acids is 1. The van der Waals surface area contributed by atoms with Crippen molar-refractivity contribution in [2.45, 2.75) is 70.5 Å². The van der Waals surface area contributed by atoms with Gasteiger partial charge in [-0.25, -0.2) is 4.79 Å². The number of benzene rings is 1. The minimum atomic E-state index is -1.59. The standard InChI is InChI=1S/C22H34N4O8/c1-10(2)16(20(31)26-18(12(4)28)22(33)34)24-21(32)17(11(3)27)25-19(30)15(23)9-13-5-7-14(29)8-6-13/h5-8,10-12,15-18,27-29H,9,23H2,1-4H3,(H,24,32)(H,25,30)(H,26,31)(H,33,34). The van der Waals surface area contributed by atoms with Gasteiger partial charge in [-0.15, -0.1) is 0 Å². The second kappa shape index (κ2) is 12.9. The second-order valence-corrected chi connectivity index (χ2v) is 8.50. The maximum atomic E-state index is 12.8. The third-order valence-corrected chi connectivity index (χ3v) is 5.08. The van der Waals surface area contributed by atoms with Crippen LogP contribution in [0.2, 0.25) is 0 Å². The summed E-state index contributed by atoms with van der Waals surface area (Å²) in [6.07, 6.45) is -2.62. The van der Waals surface area contributed by atoms with Gasteiger partial charge >= 0.3 is 5.97 Å². The van der Waals surface area contributed by atoms with Gasteiger partial charge in [0.2, 0.25) is 17.7 Å². The minimum absolute atomic E-state index is 0.0551. The Balaban J connectivity index is 2.89. The highest BCUT2D eigenvalue weighted by atomic mass is 16.4. The molecule has 6 unspecified atom stereocenters. The number of nitrogens with one attached hydrogen (secondary N) is 3. The van der Waals surface area contributed by atoms with Crippen LogP contribution in [0.1, 0.15) is 33.3 Å². The molecular weight excluding hydrogens is 448 g/mol. The minimum Gasteiger partial charge on any atom is -0.508 e. The molecule has 3 amide bonds. The number of amides is 3. The first-order valence-corrected chi connectivity index (χ1v) is 10.8. The Morgan fingerprint density at radius 3 is 1.68 bits per heavy atom. The maximum Gasteiger partial charge on any atom is 0.328 e. The summed E-state index contributed by atoms with van der Waals surface area (Å²) in [5.74, 6) is -4.34. The predicted molar refractivity (Wildman–Crippen MR) is 121 cm³/mol. The Labute approximate surface area is 197 Å². The number of carboxylic acid groups (broad SMARTS) is 1. The van der Waals surface area contributed by atoms with Gasteiger partial charge in [0.1, 0.15) is 17.8 Å². The number of aliphatic hydroxyl groups is 2. The van der Waals surface area contributed by atoms with E-state index in [-0.39, 0.29) is 12.2 Å². The van der Waals surface area contributed by atoms with Crippen molar-refractivity contribution in [2.75, 3.05) is 0 Å². The van der Waals surface area contributed by atoms with Gasteiger partial charge in [0.15, 0.2) is 6.04 Å². The zero-order valence-corrected chi connectivity index (χ0v) is 19.6. The third-order valence-electron chi connectivity index (χ3n) is 5.08. The van der Waals surface area contributed by atoms with E-state index in [1.807, 2.05) is 0 Å². The van der Waals surface area contributed by atoms with Crippen LogP contribution in [-0.4, -0.2) is 80.5 Å². The molecule has 1 aromatic rings. The third kappa shape index (κ3) is 8.61. The molecule has 0 bridgehead atoms. The Hall–Kier alpha value is -3.22. The van der Waals surface area contributed by atoms with E-state index >= 15 is 0 Å². The molecule has 1 rings (SSSR count). The first kappa shape index (κ1) is 28.8. The van der Waals surface area contributed by atoms with Crippen molar-refractivity contribution in [3.63, 3.8) is 0 Å². The van der Waals surface area contributed by atoms with Crippen LogP contribution in [0.5, 0.6) is 5.75 Å². The molecule has 0 spiro atoms. The molecule has 0 aliphatic carbocycles. The van der Waals surface area contributed by atoms with Crippen LogP contribution in [0.25, 0.3) is 0 Å². The van der Waals surface area contributed by atoms with Gasteiger partial charge < -0.3 is 42.1 Å².